The highest BCUT2D eigenvalue weighted by molar-refractivity contribution is 7.16. The zero-order valence-electron chi connectivity index (χ0n) is 19.2. The van der Waals surface area contributed by atoms with Crippen molar-refractivity contribution in [2.45, 2.75) is 58.8 Å². The average Bonchev–Trinajstić information content (AvgIpc) is 3.33. The van der Waals surface area contributed by atoms with E-state index in [1.54, 1.807) is 29.5 Å². The highest BCUT2D eigenvalue weighted by Gasteiger charge is 2.58. The highest BCUT2D eigenvalue weighted by Crippen LogP contribution is 2.65. The number of thiazole rings is 1. The number of carbonyl (C=O) groups excluding carboxylic acids is 1. The van der Waals surface area contributed by atoms with Crippen molar-refractivity contribution in [2.75, 3.05) is 5.32 Å². The Kier molecular flexibility index (Phi) is 4.64. The van der Waals surface area contributed by atoms with Crippen LogP contribution in [0.5, 0.6) is 0 Å². The Labute approximate surface area is 198 Å². The number of carbonyl (C=O) groups is 2. The van der Waals surface area contributed by atoms with Crippen LogP contribution in [0.15, 0.2) is 30.3 Å². The van der Waals surface area contributed by atoms with Crippen LogP contribution in [0.25, 0.3) is 5.57 Å². The SMILES string of the molecule is C[C@]12CCc3nc(Nc4cccc(C(=O)O)c4)sc3C1=CC[C@@H]1[C@@H]2CC[C@]2(C)C(=O)CC[C@@H]12. The minimum Gasteiger partial charge on any atom is -0.478 e. The summed E-state index contributed by atoms with van der Waals surface area (Å²) in [5, 5.41) is 13.4. The standard InChI is InChI=1S/C27H30N2O3S/c1-26-13-11-21-23(33-25(29-21)28-16-5-3-4-15(14-16)24(31)32)20(26)7-6-17-18-8-9-22(30)27(18,2)12-10-19(17)26/h3-5,7,14,17-19H,6,8-13H2,1-2H3,(H,28,29)(H,31,32)/t17-,18-,19-,26+,27-/m0/s1. The quantitative estimate of drug-likeness (QED) is 0.557. The van der Waals surface area contributed by atoms with Gasteiger partial charge in [0.15, 0.2) is 5.13 Å². The number of anilines is 2. The maximum Gasteiger partial charge on any atom is 0.335 e. The largest absolute Gasteiger partial charge is 0.478 e. The molecule has 5 nitrogen and oxygen atoms in total. The number of carboxylic acid groups (broad SMARTS) is 1. The minimum absolute atomic E-state index is 0.0885. The number of hydrogen-bond acceptors (Lipinski definition) is 5. The predicted molar refractivity (Wildman–Crippen MR) is 130 cm³/mol. The van der Waals surface area contributed by atoms with Gasteiger partial charge >= 0.3 is 5.97 Å². The molecule has 0 amide bonds. The van der Waals surface area contributed by atoms with Gasteiger partial charge in [-0.2, -0.15) is 0 Å². The van der Waals surface area contributed by atoms with E-state index in [4.69, 9.17) is 4.98 Å². The fourth-order valence-electron chi connectivity index (χ4n) is 7.55. The molecule has 4 aliphatic rings. The van der Waals surface area contributed by atoms with Crippen LogP contribution in [0.2, 0.25) is 0 Å². The summed E-state index contributed by atoms with van der Waals surface area (Å²) in [6.07, 6.45) is 9.67. The van der Waals surface area contributed by atoms with E-state index in [0.29, 0.717) is 23.5 Å². The van der Waals surface area contributed by atoms with Crippen LogP contribution < -0.4 is 5.32 Å². The number of aryl methyl sites for hydroxylation is 1. The van der Waals surface area contributed by atoms with E-state index in [9.17, 15) is 14.7 Å². The number of nitrogens with zero attached hydrogens (tertiary/aromatic N) is 1. The number of hydrogen-bond donors (Lipinski definition) is 2. The zero-order valence-corrected chi connectivity index (χ0v) is 20.0. The number of carboxylic acids is 1. The van der Waals surface area contributed by atoms with Gasteiger partial charge in [0.25, 0.3) is 0 Å². The number of Topliss-reactive ketones (excluding diaryl/α,β-unsaturated/α-hetero) is 1. The van der Waals surface area contributed by atoms with Crippen LogP contribution >= 0.6 is 11.3 Å². The van der Waals surface area contributed by atoms with Crippen molar-refractivity contribution in [3.05, 3.63) is 46.5 Å². The van der Waals surface area contributed by atoms with E-state index in [0.717, 1.165) is 61.5 Å². The summed E-state index contributed by atoms with van der Waals surface area (Å²) in [6, 6.07) is 6.88. The molecule has 2 N–H and O–H groups in total. The Morgan fingerprint density at radius 2 is 1.97 bits per heavy atom. The third kappa shape index (κ3) is 3.06. The van der Waals surface area contributed by atoms with E-state index in [1.807, 2.05) is 6.07 Å². The van der Waals surface area contributed by atoms with Crippen molar-refractivity contribution in [3.8, 4) is 0 Å². The van der Waals surface area contributed by atoms with Crippen molar-refractivity contribution >= 4 is 39.5 Å². The molecule has 0 saturated heterocycles. The first kappa shape index (κ1) is 21.1. The number of ketones is 1. The number of fused-ring (bicyclic) bond motifs is 7. The van der Waals surface area contributed by atoms with Gasteiger partial charge in [-0.15, -0.1) is 0 Å². The Morgan fingerprint density at radius 3 is 2.79 bits per heavy atom. The Hall–Kier alpha value is -2.47. The monoisotopic (exact) mass is 462 g/mol. The molecule has 33 heavy (non-hydrogen) atoms. The Morgan fingerprint density at radius 1 is 1.15 bits per heavy atom. The van der Waals surface area contributed by atoms with E-state index >= 15 is 0 Å². The molecule has 0 radical (unpaired) electrons. The fourth-order valence-corrected chi connectivity index (χ4v) is 8.76. The number of benzene rings is 1. The molecule has 4 aliphatic carbocycles. The second-order valence-corrected chi connectivity index (χ2v) is 11.9. The molecular formula is C27H30N2O3S. The molecule has 1 aromatic carbocycles. The molecule has 5 atom stereocenters. The predicted octanol–water partition coefficient (Wildman–Crippen LogP) is 6.34. The van der Waals surface area contributed by atoms with Crippen molar-refractivity contribution in [1.29, 1.82) is 0 Å². The Balaban J connectivity index is 1.31. The zero-order chi connectivity index (χ0) is 23.0. The summed E-state index contributed by atoms with van der Waals surface area (Å²) in [5.74, 6) is 1.37. The molecule has 0 spiro atoms. The summed E-state index contributed by atoms with van der Waals surface area (Å²) < 4.78 is 0. The molecule has 172 valence electrons. The van der Waals surface area contributed by atoms with Gasteiger partial charge < -0.3 is 10.4 Å². The second-order valence-electron chi connectivity index (χ2n) is 10.9. The maximum atomic E-state index is 12.7. The summed E-state index contributed by atoms with van der Waals surface area (Å²) >= 11 is 1.70. The first-order valence-corrected chi connectivity index (χ1v) is 13.0. The van der Waals surface area contributed by atoms with E-state index in [-0.39, 0.29) is 16.4 Å². The topological polar surface area (TPSA) is 79.3 Å². The highest BCUT2D eigenvalue weighted by atomic mass is 32.1. The lowest BCUT2D eigenvalue weighted by molar-refractivity contribution is -0.131. The van der Waals surface area contributed by atoms with Gasteiger partial charge in [0.1, 0.15) is 5.78 Å². The van der Waals surface area contributed by atoms with Gasteiger partial charge in [-0.1, -0.05) is 37.3 Å². The summed E-state index contributed by atoms with van der Waals surface area (Å²) in [6.45, 7) is 4.70. The summed E-state index contributed by atoms with van der Waals surface area (Å²) in [4.78, 5) is 30.2. The van der Waals surface area contributed by atoms with Gasteiger partial charge in [-0.25, -0.2) is 9.78 Å². The molecule has 1 heterocycles. The third-order valence-corrected chi connectivity index (χ3v) is 10.4. The first-order chi connectivity index (χ1) is 15.8. The molecule has 2 aromatic rings. The van der Waals surface area contributed by atoms with Gasteiger partial charge in [-0.3, -0.25) is 4.79 Å². The van der Waals surface area contributed by atoms with Crippen LogP contribution in [0, 0.1) is 28.6 Å². The first-order valence-electron chi connectivity index (χ1n) is 12.1. The number of nitrogens with one attached hydrogen (secondary N) is 1. The lowest BCUT2D eigenvalue weighted by Gasteiger charge is -2.55. The summed E-state index contributed by atoms with van der Waals surface area (Å²) in [7, 11) is 0. The number of aromatic carboxylic acids is 1. The third-order valence-electron chi connectivity index (χ3n) is 9.36. The van der Waals surface area contributed by atoms with Gasteiger partial charge in [0.05, 0.1) is 16.1 Å². The molecule has 2 saturated carbocycles. The van der Waals surface area contributed by atoms with Gasteiger partial charge in [0.2, 0.25) is 0 Å². The van der Waals surface area contributed by atoms with Crippen LogP contribution in [0.1, 0.15) is 73.3 Å². The number of allylic oxidation sites excluding steroid dienone is 2. The molecule has 0 aliphatic heterocycles. The van der Waals surface area contributed by atoms with E-state index in [2.05, 4.69) is 25.2 Å². The molecule has 0 unspecified atom stereocenters. The Bertz CT molecular complexity index is 1200. The lowest BCUT2D eigenvalue weighted by atomic mass is 9.48. The molecule has 1 aromatic heterocycles. The molecule has 0 bridgehead atoms. The van der Waals surface area contributed by atoms with Crippen molar-refractivity contribution in [3.63, 3.8) is 0 Å². The van der Waals surface area contributed by atoms with Crippen molar-refractivity contribution < 1.29 is 14.7 Å². The van der Waals surface area contributed by atoms with Gasteiger partial charge in [-0.05, 0) is 85.5 Å². The number of rotatable bonds is 3. The van der Waals surface area contributed by atoms with E-state index in [1.165, 1.54) is 10.5 Å². The molecule has 6 rings (SSSR count). The molecule has 2 fully saturated rings. The lowest BCUT2D eigenvalue weighted by Crippen LogP contribution is -2.49. The fraction of sp³-hybridized carbons (Fsp3) is 0.519. The molecular weight excluding hydrogens is 432 g/mol. The van der Waals surface area contributed by atoms with Crippen LogP contribution in [0.4, 0.5) is 10.8 Å². The minimum atomic E-state index is -0.928. The maximum absolute atomic E-state index is 12.7. The average molecular weight is 463 g/mol. The second kappa shape index (κ2) is 7.26. The van der Waals surface area contributed by atoms with Crippen molar-refractivity contribution in [2.24, 2.45) is 28.6 Å². The van der Waals surface area contributed by atoms with E-state index < -0.39 is 5.97 Å². The van der Waals surface area contributed by atoms with Crippen molar-refractivity contribution in [1.82, 2.24) is 4.98 Å². The number of aromatic nitrogens is 1. The normalized spacial score (nSPS) is 34.5. The van der Waals surface area contributed by atoms with Crippen LogP contribution in [-0.4, -0.2) is 21.8 Å². The van der Waals surface area contributed by atoms with Crippen LogP contribution in [0.3, 0.4) is 0 Å². The summed E-state index contributed by atoms with van der Waals surface area (Å²) in [5.41, 5.74) is 3.70. The smallest absolute Gasteiger partial charge is 0.335 e. The molecule has 6 heteroatoms. The van der Waals surface area contributed by atoms with Gasteiger partial charge in [0, 0.05) is 17.5 Å². The van der Waals surface area contributed by atoms with Crippen LogP contribution in [-0.2, 0) is 11.2 Å².